The van der Waals surface area contributed by atoms with Gasteiger partial charge in [-0.1, -0.05) is 30.3 Å². The van der Waals surface area contributed by atoms with Crippen LogP contribution >= 0.6 is 22.6 Å². The van der Waals surface area contributed by atoms with Crippen molar-refractivity contribution >= 4 is 33.4 Å². The lowest BCUT2D eigenvalue weighted by molar-refractivity contribution is -0.592. The molecule has 0 N–H and O–H groups in total. The lowest BCUT2D eigenvalue weighted by Gasteiger charge is -2.09. The van der Waals surface area contributed by atoms with Crippen LogP contribution in [0, 0.1) is 8.78 Å². The van der Waals surface area contributed by atoms with Crippen molar-refractivity contribution in [2.24, 2.45) is 0 Å². The Morgan fingerprint density at radius 2 is 1.61 bits per heavy atom. The van der Waals surface area contributed by atoms with Crippen LogP contribution in [-0.4, -0.2) is 0 Å². The summed E-state index contributed by atoms with van der Waals surface area (Å²) in [6.45, 7) is 0. The number of hydrogen-bond acceptors (Lipinski definition) is 1. The summed E-state index contributed by atoms with van der Waals surface area (Å²) in [4.78, 5) is 0. The predicted octanol–water partition coefficient (Wildman–Crippen LogP) is 3.74. The zero-order valence-corrected chi connectivity index (χ0v) is 11.7. The summed E-state index contributed by atoms with van der Waals surface area (Å²) < 4.78 is 2.02. The van der Waals surface area contributed by atoms with E-state index in [1.807, 2.05) is 54.6 Å². The molecule has 0 bridgehead atoms. The van der Waals surface area contributed by atoms with Crippen molar-refractivity contribution in [3.05, 3.63) is 69.6 Å². The molecule has 0 aliphatic carbocycles. The van der Waals surface area contributed by atoms with E-state index in [1.54, 1.807) is 6.20 Å². The van der Waals surface area contributed by atoms with Crippen LogP contribution in [0.4, 0.5) is 0 Å². The number of halogens is 1. The first-order chi connectivity index (χ1) is 8.77. The van der Waals surface area contributed by atoms with Crippen LogP contribution in [0.3, 0.4) is 0 Å². The average Bonchev–Trinajstić information content (AvgIpc) is 2.40. The Balaban J connectivity index is 2.42. The zero-order chi connectivity index (χ0) is 12.5. The summed E-state index contributed by atoms with van der Waals surface area (Å²) in [7, 11) is 0. The molecule has 1 aromatic heterocycles. The SMILES string of the molecule is [O-][n+]1ccc2ccccc2c1-c1ccccc1I. The van der Waals surface area contributed by atoms with Gasteiger partial charge in [-0.2, -0.15) is 4.73 Å². The topological polar surface area (TPSA) is 26.9 Å². The largest absolute Gasteiger partial charge is 0.618 e. The molecule has 0 fully saturated rings. The van der Waals surface area contributed by atoms with Gasteiger partial charge in [-0.15, -0.1) is 0 Å². The molecule has 1 heterocycles. The first-order valence-corrected chi connectivity index (χ1v) is 6.71. The molecule has 0 atom stereocenters. The van der Waals surface area contributed by atoms with Gasteiger partial charge in [0, 0.05) is 9.64 Å². The normalized spacial score (nSPS) is 10.7. The van der Waals surface area contributed by atoms with Crippen LogP contribution in [0.15, 0.2) is 60.8 Å². The molecule has 0 unspecified atom stereocenters. The van der Waals surface area contributed by atoms with Crippen LogP contribution < -0.4 is 4.73 Å². The highest BCUT2D eigenvalue weighted by molar-refractivity contribution is 14.1. The molecule has 0 saturated heterocycles. The minimum atomic E-state index is 0.720. The van der Waals surface area contributed by atoms with E-state index < -0.39 is 0 Å². The van der Waals surface area contributed by atoms with Gasteiger partial charge >= 0.3 is 0 Å². The number of aromatic nitrogens is 1. The van der Waals surface area contributed by atoms with E-state index in [9.17, 15) is 5.21 Å². The molecule has 0 aliphatic rings. The molecule has 0 amide bonds. The summed E-state index contributed by atoms with van der Waals surface area (Å²) in [5, 5.41) is 14.2. The Labute approximate surface area is 119 Å². The fraction of sp³-hybridized carbons (Fsp3) is 0. The van der Waals surface area contributed by atoms with E-state index >= 15 is 0 Å². The molecule has 0 spiro atoms. The Hall–Kier alpha value is -1.62. The van der Waals surface area contributed by atoms with Crippen LogP contribution in [0.5, 0.6) is 0 Å². The number of benzene rings is 2. The van der Waals surface area contributed by atoms with E-state index in [0.717, 1.165) is 30.3 Å². The van der Waals surface area contributed by atoms with Crippen molar-refractivity contribution in [3.8, 4) is 11.3 Å². The van der Waals surface area contributed by atoms with E-state index in [-0.39, 0.29) is 0 Å². The zero-order valence-electron chi connectivity index (χ0n) is 9.51. The third kappa shape index (κ3) is 1.84. The van der Waals surface area contributed by atoms with E-state index in [4.69, 9.17) is 0 Å². The molecule has 3 heteroatoms. The van der Waals surface area contributed by atoms with Gasteiger partial charge in [0.1, 0.15) is 0 Å². The standard InChI is InChI=1S/C15H10INO/c16-14-8-4-3-7-13(14)15-12-6-2-1-5-11(12)9-10-17(15)18/h1-10H. The van der Waals surface area contributed by atoms with Crippen molar-refractivity contribution in [2.45, 2.75) is 0 Å². The van der Waals surface area contributed by atoms with Crippen molar-refractivity contribution in [1.29, 1.82) is 0 Å². The van der Waals surface area contributed by atoms with Gasteiger partial charge in [0.25, 0.3) is 0 Å². The van der Waals surface area contributed by atoms with Gasteiger partial charge < -0.3 is 5.21 Å². The molecule has 3 aromatic rings. The Bertz CT molecular complexity index is 725. The quantitative estimate of drug-likeness (QED) is 0.374. The lowest BCUT2D eigenvalue weighted by Crippen LogP contribution is -2.28. The van der Waals surface area contributed by atoms with E-state index in [0.29, 0.717) is 0 Å². The number of hydrogen-bond donors (Lipinski definition) is 0. The minimum absolute atomic E-state index is 0.720. The maximum absolute atomic E-state index is 12.1. The van der Waals surface area contributed by atoms with Gasteiger partial charge in [0.15, 0.2) is 6.20 Å². The first-order valence-electron chi connectivity index (χ1n) is 5.63. The predicted molar refractivity (Wildman–Crippen MR) is 81.1 cm³/mol. The maximum Gasteiger partial charge on any atom is 0.232 e. The number of rotatable bonds is 1. The fourth-order valence-corrected chi connectivity index (χ4v) is 2.76. The van der Waals surface area contributed by atoms with Crippen molar-refractivity contribution in [3.63, 3.8) is 0 Å². The van der Waals surface area contributed by atoms with Crippen molar-refractivity contribution < 1.29 is 4.73 Å². The second-order valence-corrected chi connectivity index (χ2v) is 5.22. The van der Waals surface area contributed by atoms with Gasteiger partial charge in [-0.05, 0) is 46.2 Å². The molecule has 2 aromatic carbocycles. The van der Waals surface area contributed by atoms with Gasteiger partial charge in [0.2, 0.25) is 5.69 Å². The number of pyridine rings is 1. The summed E-state index contributed by atoms with van der Waals surface area (Å²) in [5.41, 5.74) is 1.70. The van der Waals surface area contributed by atoms with Gasteiger partial charge in [-0.3, -0.25) is 0 Å². The van der Waals surface area contributed by atoms with E-state index in [2.05, 4.69) is 22.6 Å². The fourth-order valence-electron chi connectivity index (χ4n) is 2.12. The summed E-state index contributed by atoms with van der Waals surface area (Å²) in [5.74, 6) is 0. The third-order valence-corrected chi connectivity index (χ3v) is 3.90. The Kier molecular flexibility index (Phi) is 2.91. The second kappa shape index (κ2) is 4.57. The van der Waals surface area contributed by atoms with Crippen LogP contribution in [0.25, 0.3) is 22.0 Å². The molecule has 18 heavy (non-hydrogen) atoms. The lowest BCUT2D eigenvalue weighted by atomic mass is 10.0. The monoisotopic (exact) mass is 347 g/mol. The number of nitrogens with zero attached hydrogens (tertiary/aromatic N) is 1. The third-order valence-electron chi connectivity index (χ3n) is 2.95. The minimum Gasteiger partial charge on any atom is -0.618 e. The molecular weight excluding hydrogens is 337 g/mol. The second-order valence-electron chi connectivity index (χ2n) is 4.06. The first kappa shape index (κ1) is 11.5. The Morgan fingerprint density at radius 1 is 0.889 bits per heavy atom. The summed E-state index contributed by atoms with van der Waals surface area (Å²) >= 11 is 2.26. The molecular formula is C15H10INO. The van der Waals surface area contributed by atoms with Gasteiger partial charge in [-0.25, -0.2) is 0 Å². The molecule has 0 aliphatic heterocycles. The van der Waals surface area contributed by atoms with Crippen LogP contribution in [0.1, 0.15) is 0 Å². The summed E-state index contributed by atoms with van der Waals surface area (Å²) in [6.07, 6.45) is 1.57. The highest BCUT2D eigenvalue weighted by atomic mass is 127. The van der Waals surface area contributed by atoms with Crippen LogP contribution in [-0.2, 0) is 0 Å². The molecule has 0 radical (unpaired) electrons. The van der Waals surface area contributed by atoms with Crippen LogP contribution in [0.2, 0.25) is 0 Å². The molecule has 0 saturated carbocycles. The highest BCUT2D eigenvalue weighted by Crippen LogP contribution is 2.28. The summed E-state index contributed by atoms with van der Waals surface area (Å²) in [6, 6.07) is 17.7. The maximum atomic E-state index is 12.1. The molecule has 88 valence electrons. The number of fused-ring (bicyclic) bond motifs is 1. The smallest absolute Gasteiger partial charge is 0.232 e. The average molecular weight is 347 g/mol. The Morgan fingerprint density at radius 3 is 2.44 bits per heavy atom. The van der Waals surface area contributed by atoms with Crippen molar-refractivity contribution in [1.82, 2.24) is 0 Å². The molecule has 3 rings (SSSR count). The van der Waals surface area contributed by atoms with E-state index in [1.165, 1.54) is 0 Å². The van der Waals surface area contributed by atoms with Crippen molar-refractivity contribution in [2.75, 3.05) is 0 Å². The molecule has 2 nitrogen and oxygen atoms in total. The highest BCUT2D eigenvalue weighted by Gasteiger charge is 2.15. The van der Waals surface area contributed by atoms with Gasteiger partial charge in [0.05, 0.1) is 10.9 Å².